The van der Waals surface area contributed by atoms with E-state index in [-0.39, 0.29) is 11.9 Å². The summed E-state index contributed by atoms with van der Waals surface area (Å²) in [5, 5.41) is 0. The Balaban J connectivity index is 1.77. The van der Waals surface area contributed by atoms with Crippen molar-refractivity contribution in [2.24, 2.45) is 11.7 Å². The highest BCUT2D eigenvalue weighted by Gasteiger charge is 2.30. The van der Waals surface area contributed by atoms with E-state index in [2.05, 4.69) is 22.9 Å². The smallest absolute Gasteiger partial charge is 0.146 e. The average Bonchev–Trinajstić information content (AvgIpc) is 2.89. The van der Waals surface area contributed by atoms with Crippen molar-refractivity contribution in [1.82, 2.24) is 4.90 Å². The van der Waals surface area contributed by atoms with E-state index in [9.17, 15) is 4.39 Å². The van der Waals surface area contributed by atoms with Crippen LogP contribution in [-0.2, 0) is 4.74 Å². The third-order valence-electron chi connectivity index (χ3n) is 4.68. The molecule has 0 aromatic heterocycles. The fourth-order valence-electron chi connectivity index (χ4n) is 3.46. The lowest BCUT2D eigenvalue weighted by Gasteiger charge is -2.29. The molecule has 0 saturated carbocycles. The summed E-state index contributed by atoms with van der Waals surface area (Å²) in [5.74, 6) is 0.390. The van der Waals surface area contributed by atoms with Gasteiger partial charge in [-0.25, -0.2) is 4.39 Å². The molecule has 2 aliphatic rings. The molecule has 2 aliphatic heterocycles. The molecule has 2 heterocycles. The van der Waals surface area contributed by atoms with Crippen LogP contribution in [0.2, 0.25) is 0 Å². The van der Waals surface area contributed by atoms with E-state index >= 15 is 0 Å². The van der Waals surface area contributed by atoms with Gasteiger partial charge in [-0.1, -0.05) is 6.07 Å². The summed E-state index contributed by atoms with van der Waals surface area (Å²) in [4.78, 5) is 4.34. The molecule has 0 amide bonds. The van der Waals surface area contributed by atoms with Crippen molar-refractivity contribution < 1.29 is 9.13 Å². The van der Waals surface area contributed by atoms with E-state index in [4.69, 9.17) is 10.5 Å². The minimum Gasteiger partial charge on any atom is -0.378 e. The molecule has 21 heavy (non-hydrogen) atoms. The van der Waals surface area contributed by atoms with Gasteiger partial charge in [0, 0.05) is 25.7 Å². The summed E-state index contributed by atoms with van der Waals surface area (Å²) in [7, 11) is 2.09. The first-order valence-corrected chi connectivity index (χ1v) is 7.71. The van der Waals surface area contributed by atoms with Gasteiger partial charge in [-0.05, 0) is 43.6 Å². The van der Waals surface area contributed by atoms with E-state index in [1.807, 2.05) is 6.07 Å². The Kier molecular flexibility index (Phi) is 4.42. The number of rotatable bonds is 3. The Morgan fingerprint density at radius 1 is 1.33 bits per heavy atom. The maximum Gasteiger partial charge on any atom is 0.146 e. The maximum absolute atomic E-state index is 14.5. The first kappa shape index (κ1) is 14.8. The highest BCUT2D eigenvalue weighted by atomic mass is 19.1. The Labute approximate surface area is 125 Å². The van der Waals surface area contributed by atoms with Gasteiger partial charge < -0.3 is 15.4 Å². The second kappa shape index (κ2) is 6.30. The van der Waals surface area contributed by atoms with Crippen LogP contribution in [0.5, 0.6) is 0 Å². The second-order valence-electron chi connectivity index (χ2n) is 6.10. The SMILES string of the molecule is CN1CC(CN)CC1c1ccc(N2CCOCC2)c(F)c1. The summed E-state index contributed by atoms with van der Waals surface area (Å²) < 4.78 is 19.8. The van der Waals surface area contributed by atoms with Crippen LogP contribution in [0.1, 0.15) is 18.0 Å². The van der Waals surface area contributed by atoms with Crippen LogP contribution in [0.4, 0.5) is 10.1 Å². The topological polar surface area (TPSA) is 41.7 Å². The van der Waals surface area contributed by atoms with Crippen molar-refractivity contribution in [2.75, 3.05) is 51.3 Å². The lowest BCUT2D eigenvalue weighted by atomic mass is 9.99. The van der Waals surface area contributed by atoms with Crippen LogP contribution in [0.3, 0.4) is 0 Å². The van der Waals surface area contributed by atoms with Crippen molar-refractivity contribution in [2.45, 2.75) is 12.5 Å². The summed E-state index contributed by atoms with van der Waals surface area (Å²) in [6, 6.07) is 5.96. The second-order valence-corrected chi connectivity index (χ2v) is 6.10. The fourth-order valence-corrected chi connectivity index (χ4v) is 3.46. The number of likely N-dealkylation sites (tertiary alicyclic amines) is 1. The van der Waals surface area contributed by atoms with Crippen LogP contribution in [-0.4, -0.2) is 51.3 Å². The lowest BCUT2D eigenvalue weighted by Crippen LogP contribution is -2.36. The van der Waals surface area contributed by atoms with E-state index in [0.717, 1.165) is 31.6 Å². The molecule has 2 N–H and O–H groups in total. The zero-order valence-corrected chi connectivity index (χ0v) is 12.6. The molecule has 2 atom stereocenters. The summed E-state index contributed by atoms with van der Waals surface area (Å²) in [6.45, 7) is 4.56. The molecule has 1 aromatic carbocycles. The van der Waals surface area contributed by atoms with Gasteiger partial charge in [-0.15, -0.1) is 0 Å². The van der Waals surface area contributed by atoms with Crippen molar-refractivity contribution in [1.29, 1.82) is 0 Å². The van der Waals surface area contributed by atoms with E-state index in [1.165, 1.54) is 0 Å². The number of benzene rings is 1. The minimum absolute atomic E-state index is 0.126. The van der Waals surface area contributed by atoms with Gasteiger partial charge in [0.1, 0.15) is 5.82 Å². The first-order valence-electron chi connectivity index (χ1n) is 7.71. The van der Waals surface area contributed by atoms with Gasteiger partial charge in [0.2, 0.25) is 0 Å². The van der Waals surface area contributed by atoms with Crippen LogP contribution in [0.15, 0.2) is 18.2 Å². The summed E-state index contributed by atoms with van der Waals surface area (Å²) >= 11 is 0. The molecule has 0 spiro atoms. The zero-order valence-electron chi connectivity index (χ0n) is 12.6. The third-order valence-corrected chi connectivity index (χ3v) is 4.68. The predicted octanol–water partition coefficient (Wildman–Crippen LogP) is 1.61. The van der Waals surface area contributed by atoms with Crippen molar-refractivity contribution in [3.8, 4) is 0 Å². The molecule has 0 bridgehead atoms. The van der Waals surface area contributed by atoms with Crippen molar-refractivity contribution in [3.05, 3.63) is 29.6 Å². The number of hydrogen-bond acceptors (Lipinski definition) is 4. The minimum atomic E-state index is -0.126. The standard InChI is InChI=1S/C16H24FN3O/c1-19-11-12(10-18)8-16(19)13-2-3-15(14(17)9-13)20-4-6-21-7-5-20/h2-3,9,12,16H,4-8,10-11,18H2,1H3. The van der Waals surface area contributed by atoms with E-state index < -0.39 is 0 Å². The first-order chi connectivity index (χ1) is 10.2. The number of hydrogen-bond donors (Lipinski definition) is 1. The van der Waals surface area contributed by atoms with Crippen molar-refractivity contribution >= 4 is 5.69 Å². The van der Waals surface area contributed by atoms with Crippen LogP contribution in [0.25, 0.3) is 0 Å². The fraction of sp³-hybridized carbons (Fsp3) is 0.625. The van der Waals surface area contributed by atoms with Crippen LogP contribution >= 0.6 is 0 Å². The van der Waals surface area contributed by atoms with Gasteiger partial charge in [0.05, 0.1) is 18.9 Å². The molecular weight excluding hydrogens is 269 g/mol. The highest BCUT2D eigenvalue weighted by molar-refractivity contribution is 5.50. The molecule has 0 radical (unpaired) electrons. The number of morpholine rings is 1. The van der Waals surface area contributed by atoms with Gasteiger partial charge in [0.25, 0.3) is 0 Å². The quantitative estimate of drug-likeness (QED) is 0.919. The third kappa shape index (κ3) is 3.05. The Hall–Kier alpha value is -1.17. The molecule has 4 nitrogen and oxygen atoms in total. The van der Waals surface area contributed by atoms with Crippen molar-refractivity contribution in [3.63, 3.8) is 0 Å². The van der Waals surface area contributed by atoms with Crippen LogP contribution < -0.4 is 10.6 Å². The molecule has 2 saturated heterocycles. The van der Waals surface area contributed by atoms with Crippen LogP contribution in [0, 0.1) is 11.7 Å². The molecule has 1 aromatic rings. The van der Waals surface area contributed by atoms with E-state index in [0.29, 0.717) is 31.4 Å². The average molecular weight is 293 g/mol. The Bertz CT molecular complexity index is 490. The molecular formula is C16H24FN3O. The molecule has 3 rings (SSSR count). The van der Waals surface area contributed by atoms with E-state index in [1.54, 1.807) is 6.07 Å². The molecule has 2 fully saturated rings. The number of nitrogens with two attached hydrogens (primary N) is 1. The summed E-state index contributed by atoms with van der Waals surface area (Å²) in [5.41, 5.74) is 7.52. The number of nitrogens with zero attached hydrogens (tertiary/aromatic N) is 2. The molecule has 116 valence electrons. The highest BCUT2D eigenvalue weighted by Crippen LogP contribution is 2.35. The zero-order chi connectivity index (χ0) is 14.8. The number of halogens is 1. The predicted molar refractivity (Wildman–Crippen MR) is 82.0 cm³/mol. The monoisotopic (exact) mass is 293 g/mol. The van der Waals surface area contributed by atoms with Gasteiger partial charge >= 0.3 is 0 Å². The Morgan fingerprint density at radius 2 is 2.10 bits per heavy atom. The number of ether oxygens (including phenoxy) is 1. The summed E-state index contributed by atoms with van der Waals surface area (Å²) in [6.07, 6.45) is 1.02. The maximum atomic E-state index is 14.5. The largest absolute Gasteiger partial charge is 0.378 e. The normalized spacial score (nSPS) is 27.3. The van der Waals surface area contributed by atoms with Gasteiger partial charge in [0.15, 0.2) is 0 Å². The number of anilines is 1. The molecule has 0 aliphatic carbocycles. The van der Waals surface area contributed by atoms with Gasteiger partial charge in [-0.2, -0.15) is 0 Å². The molecule has 2 unspecified atom stereocenters. The van der Waals surface area contributed by atoms with Gasteiger partial charge in [-0.3, -0.25) is 4.90 Å². The lowest BCUT2D eigenvalue weighted by molar-refractivity contribution is 0.122. The molecule has 5 heteroatoms. The Morgan fingerprint density at radius 3 is 2.71 bits per heavy atom.